The third kappa shape index (κ3) is 4.13. The van der Waals surface area contributed by atoms with Crippen molar-refractivity contribution in [2.45, 2.75) is 19.9 Å². The molecule has 0 aromatic heterocycles. The van der Waals surface area contributed by atoms with Gasteiger partial charge in [0.1, 0.15) is 5.75 Å². The molecule has 3 rings (SSSR count). The summed E-state index contributed by atoms with van der Waals surface area (Å²) in [6.07, 6.45) is 0.346. The molecule has 0 radical (unpaired) electrons. The van der Waals surface area contributed by atoms with Crippen LogP contribution in [-0.2, 0) is 11.3 Å². The maximum atomic E-state index is 12.0. The van der Waals surface area contributed by atoms with E-state index in [9.17, 15) is 4.79 Å². The molecule has 0 saturated carbocycles. The first-order valence-electron chi connectivity index (χ1n) is 8.15. The fourth-order valence-corrected chi connectivity index (χ4v) is 2.70. The first kappa shape index (κ1) is 16.1. The minimum absolute atomic E-state index is 0.00409. The number of aryl methyl sites for hydroxylation is 1. The topological polar surface area (TPSA) is 38.3 Å². The fraction of sp³-hybridized carbons (Fsp3) is 0.190. The Labute approximate surface area is 142 Å². The van der Waals surface area contributed by atoms with E-state index in [1.165, 1.54) is 10.8 Å². The minimum atomic E-state index is -0.00409. The van der Waals surface area contributed by atoms with Crippen LogP contribution in [0.3, 0.4) is 0 Å². The number of carbonyl (C=O) groups is 1. The van der Waals surface area contributed by atoms with Gasteiger partial charge in [-0.2, -0.15) is 0 Å². The number of amides is 1. The van der Waals surface area contributed by atoms with Crippen LogP contribution in [0.15, 0.2) is 66.7 Å². The van der Waals surface area contributed by atoms with Crippen molar-refractivity contribution < 1.29 is 9.53 Å². The SMILES string of the molecule is Cc1cccc(OCCC(=O)NCc2cccc3ccccc23)c1. The van der Waals surface area contributed by atoms with Crippen LogP contribution in [0.2, 0.25) is 0 Å². The van der Waals surface area contributed by atoms with Gasteiger partial charge in [-0.1, -0.05) is 54.6 Å². The van der Waals surface area contributed by atoms with Crippen molar-refractivity contribution in [1.29, 1.82) is 0 Å². The molecule has 0 aliphatic carbocycles. The largest absolute Gasteiger partial charge is 0.493 e. The van der Waals surface area contributed by atoms with Crippen molar-refractivity contribution in [2.75, 3.05) is 6.61 Å². The van der Waals surface area contributed by atoms with Gasteiger partial charge in [0.05, 0.1) is 13.0 Å². The van der Waals surface area contributed by atoms with Crippen LogP contribution in [-0.4, -0.2) is 12.5 Å². The molecule has 0 spiro atoms. The Morgan fingerprint density at radius 3 is 2.67 bits per heavy atom. The summed E-state index contributed by atoms with van der Waals surface area (Å²) in [6, 6.07) is 22.2. The highest BCUT2D eigenvalue weighted by atomic mass is 16.5. The Morgan fingerprint density at radius 1 is 1.00 bits per heavy atom. The van der Waals surface area contributed by atoms with Crippen LogP contribution < -0.4 is 10.1 Å². The molecule has 0 unspecified atom stereocenters. The van der Waals surface area contributed by atoms with Crippen molar-refractivity contribution in [3.05, 3.63) is 77.9 Å². The van der Waals surface area contributed by atoms with E-state index in [1.54, 1.807) is 0 Å². The van der Waals surface area contributed by atoms with E-state index in [2.05, 4.69) is 23.5 Å². The van der Waals surface area contributed by atoms with Crippen molar-refractivity contribution in [3.8, 4) is 5.75 Å². The van der Waals surface area contributed by atoms with Crippen molar-refractivity contribution in [2.24, 2.45) is 0 Å². The number of nitrogens with one attached hydrogen (secondary N) is 1. The zero-order chi connectivity index (χ0) is 16.8. The molecular weight excluding hydrogens is 298 g/mol. The first-order chi connectivity index (χ1) is 11.7. The normalized spacial score (nSPS) is 10.5. The summed E-state index contributed by atoms with van der Waals surface area (Å²) >= 11 is 0. The van der Waals surface area contributed by atoms with Crippen LogP contribution in [0.1, 0.15) is 17.5 Å². The summed E-state index contributed by atoms with van der Waals surface area (Å²) < 4.78 is 5.62. The highest BCUT2D eigenvalue weighted by molar-refractivity contribution is 5.86. The van der Waals surface area contributed by atoms with Crippen molar-refractivity contribution in [1.82, 2.24) is 5.32 Å². The van der Waals surface area contributed by atoms with Gasteiger partial charge in [0.15, 0.2) is 0 Å². The smallest absolute Gasteiger partial charge is 0.223 e. The molecule has 1 amide bonds. The Hall–Kier alpha value is -2.81. The summed E-state index contributed by atoms with van der Waals surface area (Å²) in [6.45, 7) is 2.93. The molecule has 24 heavy (non-hydrogen) atoms. The predicted octanol–water partition coefficient (Wildman–Crippen LogP) is 4.23. The van der Waals surface area contributed by atoms with Gasteiger partial charge >= 0.3 is 0 Å². The Kier molecular flexibility index (Phi) is 5.12. The quantitative estimate of drug-likeness (QED) is 0.738. The van der Waals surface area contributed by atoms with Crippen LogP contribution >= 0.6 is 0 Å². The highest BCUT2D eigenvalue weighted by Crippen LogP contribution is 2.18. The van der Waals surface area contributed by atoms with Gasteiger partial charge in [0, 0.05) is 6.54 Å². The molecule has 0 atom stereocenters. The lowest BCUT2D eigenvalue weighted by molar-refractivity contribution is -0.121. The van der Waals surface area contributed by atoms with E-state index in [4.69, 9.17) is 4.74 Å². The molecule has 1 N–H and O–H groups in total. The maximum absolute atomic E-state index is 12.0. The minimum Gasteiger partial charge on any atom is -0.493 e. The van der Waals surface area contributed by atoms with Crippen LogP contribution in [0.25, 0.3) is 10.8 Å². The molecule has 0 saturated heterocycles. The van der Waals surface area contributed by atoms with Gasteiger partial charge in [0.25, 0.3) is 0 Å². The third-order valence-corrected chi connectivity index (χ3v) is 3.94. The number of carbonyl (C=O) groups excluding carboxylic acids is 1. The van der Waals surface area contributed by atoms with E-state index in [0.717, 1.165) is 16.9 Å². The second-order valence-electron chi connectivity index (χ2n) is 5.83. The lowest BCUT2D eigenvalue weighted by Gasteiger charge is -2.09. The Bertz CT molecular complexity index is 837. The summed E-state index contributed by atoms with van der Waals surface area (Å²) in [5.74, 6) is 0.799. The molecule has 3 aromatic carbocycles. The van der Waals surface area contributed by atoms with Gasteiger partial charge in [-0.05, 0) is 41.0 Å². The van der Waals surface area contributed by atoms with Gasteiger partial charge in [-0.25, -0.2) is 0 Å². The molecule has 0 heterocycles. The lowest BCUT2D eigenvalue weighted by Crippen LogP contribution is -2.24. The highest BCUT2D eigenvalue weighted by Gasteiger charge is 2.05. The fourth-order valence-electron chi connectivity index (χ4n) is 2.70. The van der Waals surface area contributed by atoms with Crippen LogP contribution in [0, 0.1) is 6.92 Å². The Morgan fingerprint density at radius 2 is 1.79 bits per heavy atom. The van der Waals surface area contributed by atoms with Gasteiger partial charge < -0.3 is 10.1 Å². The predicted molar refractivity (Wildman–Crippen MR) is 97.1 cm³/mol. The van der Waals surface area contributed by atoms with Gasteiger partial charge in [-0.15, -0.1) is 0 Å². The molecule has 0 fully saturated rings. The van der Waals surface area contributed by atoms with E-state index in [0.29, 0.717) is 19.6 Å². The van der Waals surface area contributed by atoms with Crippen molar-refractivity contribution in [3.63, 3.8) is 0 Å². The Balaban J connectivity index is 1.50. The molecule has 0 aliphatic heterocycles. The molecule has 0 bridgehead atoms. The second kappa shape index (κ2) is 7.64. The van der Waals surface area contributed by atoms with E-state index < -0.39 is 0 Å². The number of ether oxygens (including phenoxy) is 1. The molecule has 3 aromatic rings. The van der Waals surface area contributed by atoms with Crippen molar-refractivity contribution >= 4 is 16.7 Å². The molecule has 0 aliphatic rings. The molecule has 122 valence electrons. The average molecular weight is 319 g/mol. The maximum Gasteiger partial charge on any atom is 0.223 e. The van der Waals surface area contributed by atoms with Crippen LogP contribution in [0.4, 0.5) is 0 Å². The second-order valence-corrected chi connectivity index (χ2v) is 5.83. The number of hydrogen-bond acceptors (Lipinski definition) is 2. The summed E-state index contributed by atoms with van der Waals surface area (Å²) in [5, 5.41) is 5.33. The molecule has 3 heteroatoms. The number of hydrogen-bond donors (Lipinski definition) is 1. The summed E-state index contributed by atoms with van der Waals surface area (Å²) in [4.78, 5) is 12.0. The van der Waals surface area contributed by atoms with E-state index in [-0.39, 0.29) is 5.91 Å². The standard InChI is InChI=1S/C21H21NO2/c1-16-6-4-10-19(14-16)24-13-12-21(23)22-15-18-9-5-8-17-7-2-3-11-20(17)18/h2-11,14H,12-13,15H2,1H3,(H,22,23). The molecule has 3 nitrogen and oxygen atoms in total. The number of rotatable bonds is 6. The third-order valence-electron chi connectivity index (χ3n) is 3.94. The number of benzene rings is 3. The average Bonchev–Trinajstić information content (AvgIpc) is 2.60. The molecular formula is C21H21NO2. The first-order valence-corrected chi connectivity index (χ1v) is 8.15. The monoisotopic (exact) mass is 319 g/mol. The van der Waals surface area contributed by atoms with Crippen LogP contribution in [0.5, 0.6) is 5.75 Å². The van der Waals surface area contributed by atoms with E-state index >= 15 is 0 Å². The number of fused-ring (bicyclic) bond motifs is 1. The lowest BCUT2D eigenvalue weighted by atomic mass is 10.0. The summed E-state index contributed by atoms with van der Waals surface area (Å²) in [7, 11) is 0. The zero-order valence-electron chi connectivity index (χ0n) is 13.8. The van der Waals surface area contributed by atoms with Gasteiger partial charge in [0.2, 0.25) is 5.91 Å². The summed E-state index contributed by atoms with van der Waals surface area (Å²) in [5.41, 5.74) is 2.27. The zero-order valence-corrected chi connectivity index (χ0v) is 13.8. The van der Waals surface area contributed by atoms with E-state index in [1.807, 2.05) is 55.5 Å². The van der Waals surface area contributed by atoms with Gasteiger partial charge in [-0.3, -0.25) is 4.79 Å².